The first-order valence-corrected chi connectivity index (χ1v) is 7.12. The maximum absolute atomic E-state index is 11.2. The van der Waals surface area contributed by atoms with Crippen molar-refractivity contribution in [2.75, 3.05) is 5.32 Å². The fourth-order valence-electron chi connectivity index (χ4n) is 2.49. The topological polar surface area (TPSA) is 68.1 Å². The number of nitrogens with zero attached hydrogens (tertiary/aromatic N) is 2. The van der Waals surface area contributed by atoms with E-state index in [-0.39, 0.29) is 16.1 Å². The molecule has 1 N–H and O–H groups in total. The van der Waals surface area contributed by atoms with Crippen LogP contribution in [0, 0.1) is 17.0 Å². The molecular weight excluding hydrogens is 262 g/mol. The van der Waals surface area contributed by atoms with E-state index < -0.39 is 0 Å². The Morgan fingerprint density at radius 1 is 1.47 bits per heavy atom. The predicted octanol–water partition coefficient (Wildman–Crippen LogP) is 3.87. The first-order chi connectivity index (χ1) is 8.97. The molecule has 0 amide bonds. The number of hydrogen-bond donors (Lipinski definition) is 1. The van der Waals surface area contributed by atoms with Crippen molar-refractivity contribution in [2.24, 2.45) is 0 Å². The van der Waals surface area contributed by atoms with Gasteiger partial charge in [0.2, 0.25) is 0 Å². The second-order valence-corrected chi connectivity index (χ2v) is 6.60. The molecule has 3 rings (SSSR count). The summed E-state index contributed by atoms with van der Waals surface area (Å²) in [6.07, 6.45) is 3.28. The van der Waals surface area contributed by atoms with E-state index in [1.165, 1.54) is 17.8 Å². The van der Waals surface area contributed by atoms with Gasteiger partial charge in [-0.2, -0.15) is 0 Å². The zero-order chi connectivity index (χ0) is 13.6. The van der Waals surface area contributed by atoms with Gasteiger partial charge in [0, 0.05) is 11.6 Å². The molecule has 1 aliphatic carbocycles. The molecule has 100 valence electrons. The van der Waals surface area contributed by atoms with Gasteiger partial charge < -0.3 is 5.32 Å². The van der Waals surface area contributed by atoms with Crippen LogP contribution in [0.4, 0.5) is 11.4 Å². The zero-order valence-electron chi connectivity index (χ0n) is 10.9. The van der Waals surface area contributed by atoms with Crippen LogP contribution in [0.1, 0.15) is 31.2 Å². The number of anilines is 1. The summed E-state index contributed by atoms with van der Waals surface area (Å²) in [5.41, 5.74) is 1.55. The first-order valence-electron chi connectivity index (χ1n) is 6.31. The molecule has 5 nitrogen and oxygen atoms in total. The third kappa shape index (κ3) is 2.16. The van der Waals surface area contributed by atoms with Crippen molar-refractivity contribution in [3.8, 4) is 0 Å². The van der Waals surface area contributed by atoms with E-state index in [2.05, 4.69) is 17.2 Å². The van der Waals surface area contributed by atoms with Crippen molar-refractivity contribution in [1.82, 2.24) is 4.98 Å². The van der Waals surface area contributed by atoms with Crippen molar-refractivity contribution in [1.29, 1.82) is 0 Å². The molecule has 0 aliphatic heterocycles. The van der Waals surface area contributed by atoms with Crippen molar-refractivity contribution in [3.63, 3.8) is 0 Å². The highest BCUT2D eigenvalue weighted by Crippen LogP contribution is 2.39. The summed E-state index contributed by atoms with van der Waals surface area (Å²) in [5.74, 6) is 0. The van der Waals surface area contributed by atoms with E-state index in [0.29, 0.717) is 5.69 Å². The molecular formula is C13H15N3O2S. The fraction of sp³-hybridized carbons (Fsp3) is 0.462. The van der Waals surface area contributed by atoms with Crippen molar-refractivity contribution < 1.29 is 4.92 Å². The monoisotopic (exact) mass is 277 g/mol. The molecule has 2 aromatic rings. The Morgan fingerprint density at radius 3 is 2.79 bits per heavy atom. The molecule has 1 aliphatic rings. The average Bonchev–Trinajstić information content (AvgIpc) is 2.65. The number of rotatable bonds is 3. The minimum atomic E-state index is -0.321. The first kappa shape index (κ1) is 12.3. The zero-order valence-corrected chi connectivity index (χ0v) is 11.7. The third-order valence-corrected chi connectivity index (χ3v) is 4.64. The van der Waals surface area contributed by atoms with Gasteiger partial charge in [-0.3, -0.25) is 10.1 Å². The third-order valence-electron chi connectivity index (χ3n) is 3.70. The molecule has 0 unspecified atom stereocenters. The second kappa shape index (κ2) is 4.16. The summed E-state index contributed by atoms with van der Waals surface area (Å²) in [6.45, 7) is 4.02. The lowest BCUT2D eigenvalue weighted by Gasteiger charge is -2.39. The maximum atomic E-state index is 11.2. The van der Waals surface area contributed by atoms with Crippen molar-refractivity contribution in [3.05, 3.63) is 27.3 Å². The molecule has 1 saturated carbocycles. The van der Waals surface area contributed by atoms with E-state index in [4.69, 9.17) is 0 Å². The van der Waals surface area contributed by atoms with E-state index >= 15 is 0 Å². The summed E-state index contributed by atoms with van der Waals surface area (Å²) >= 11 is 1.49. The van der Waals surface area contributed by atoms with Crippen LogP contribution in [-0.2, 0) is 0 Å². The second-order valence-electron chi connectivity index (χ2n) is 5.37. The largest absolute Gasteiger partial charge is 0.374 e. The Bertz CT molecular complexity index is 661. The van der Waals surface area contributed by atoms with E-state index in [1.807, 2.05) is 6.92 Å². The van der Waals surface area contributed by atoms with Gasteiger partial charge in [0.15, 0.2) is 0 Å². The van der Waals surface area contributed by atoms with Gasteiger partial charge in [-0.25, -0.2) is 4.98 Å². The highest BCUT2D eigenvalue weighted by atomic mass is 32.1. The van der Waals surface area contributed by atoms with Crippen LogP contribution in [0.25, 0.3) is 10.2 Å². The number of nitro benzene ring substituents is 1. The molecule has 0 radical (unpaired) electrons. The molecule has 1 aromatic heterocycles. The van der Waals surface area contributed by atoms with Crippen molar-refractivity contribution >= 4 is 32.9 Å². The van der Waals surface area contributed by atoms with Gasteiger partial charge in [-0.15, -0.1) is 11.3 Å². The van der Waals surface area contributed by atoms with Gasteiger partial charge in [-0.05, 0) is 39.2 Å². The molecule has 1 aromatic carbocycles. The highest BCUT2D eigenvalue weighted by molar-refractivity contribution is 7.18. The van der Waals surface area contributed by atoms with Gasteiger partial charge in [0.25, 0.3) is 5.69 Å². The number of nitrogens with one attached hydrogen (secondary N) is 1. The SMILES string of the molecule is Cc1nc2cc(NC3(C)CCC3)c([N+](=O)[O-])cc2s1. The summed E-state index contributed by atoms with van der Waals surface area (Å²) in [4.78, 5) is 15.3. The van der Waals surface area contributed by atoms with Crippen molar-refractivity contribution in [2.45, 2.75) is 38.6 Å². The van der Waals surface area contributed by atoms with Crippen LogP contribution >= 0.6 is 11.3 Å². The van der Waals surface area contributed by atoms with Gasteiger partial charge in [0.1, 0.15) is 5.69 Å². The van der Waals surface area contributed by atoms with E-state index in [9.17, 15) is 10.1 Å². The summed E-state index contributed by atoms with van der Waals surface area (Å²) < 4.78 is 0.869. The molecule has 0 atom stereocenters. The molecule has 6 heteroatoms. The maximum Gasteiger partial charge on any atom is 0.293 e. The number of fused-ring (bicyclic) bond motifs is 1. The minimum absolute atomic E-state index is 0.0104. The van der Waals surface area contributed by atoms with Crippen LogP contribution < -0.4 is 5.32 Å². The Kier molecular flexibility index (Phi) is 2.70. The molecule has 1 fully saturated rings. The average molecular weight is 277 g/mol. The summed E-state index contributed by atoms with van der Waals surface area (Å²) in [6, 6.07) is 3.44. The molecule has 0 saturated heterocycles. The molecule has 1 heterocycles. The smallest absolute Gasteiger partial charge is 0.293 e. The Hall–Kier alpha value is -1.69. The molecule has 0 spiro atoms. The number of aromatic nitrogens is 1. The Balaban J connectivity index is 2.09. The number of hydrogen-bond acceptors (Lipinski definition) is 5. The summed E-state index contributed by atoms with van der Waals surface area (Å²) in [7, 11) is 0. The quantitative estimate of drug-likeness (QED) is 0.683. The van der Waals surface area contributed by atoms with Gasteiger partial charge in [0.05, 0.1) is 20.1 Å². The predicted molar refractivity (Wildman–Crippen MR) is 76.9 cm³/mol. The number of aryl methyl sites for hydroxylation is 1. The fourth-order valence-corrected chi connectivity index (χ4v) is 3.33. The standard InChI is InChI=1S/C13H15N3O2S/c1-8-14-10-6-9(15-13(2)4-3-5-13)11(16(17)18)7-12(10)19-8/h6-7,15H,3-5H2,1-2H3. The lowest BCUT2D eigenvalue weighted by atomic mass is 9.78. The molecule has 0 bridgehead atoms. The Labute approximate surface area is 114 Å². The van der Waals surface area contributed by atoms with Crippen LogP contribution in [0.5, 0.6) is 0 Å². The van der Waals surface area contributed by atoms with E-state index in [1.54, 1.807) is 12.1 Å². The molecule has 19 heavy (non-hydrogen) atoms. The number of thiazole rings is 1. The lowest BCUT2D eigenvalue weighted by molar-refractivity contribution is -0.383. The van der Waals surface area contributed by atoms with Crippen LogP contribution in [0.2, 0.25) is 0 Å². The van der Waals surface area contributed by atoms with Crippen LogP contribution in [-0.4, -0.2) is 15.4 Å². The normalized spacial score (nSPS) is 17.2. The van der Waals surface area contributed by atoms with Crippen LogP contribution in [0.15, 0.2) is 12.1 Å². The number of nitro groups is 1. The number of benzene rings is 1. The van der Waals surface area contributed by atoms with Gasteiger partial charge in [-0.1, -0.05) is 0 Å². The van der Waals surface area contributed by atoms with Gasteiger partial charge >= 0.3 is 0 Å². The minimum Gasteiger partial charge on any atom is -0.374 e. The van der Waals surface area contributed by atoms with E-state index in [0.717, 1.165) is 28.1 Å². The summed E-state index contributed by atoms with van der Waals surface area (Å²) in [5, 5.41) is 15.5. The Morgan fingerprint density at radius 2 is 2.21 bits per heavy atom. The highest BCUT2D eigenvalue weighted by Gasteiger charge is 2.33. The van der Waals surface area contributed by atoms with Crippen LogP contribution in [0.3, 0.4) is 0 Å². The lowest BCUT2D eigenvalue weighted by Crippen LogP contribution is -2.41.